The second-order valence-corrected chi connectivity index (χ2v) is 7.15. The fourth-order valence-corrected chi connectivity index (χ4v) is 3.95. The molecule has 0 bridgehead atoms. The van der Waals surface area contributed by atoms with Gasteiger partial charge in [-0.1, -0.05) is 0 Å². The third kappa shape index (κ3) is 3.09. The van der Waals surface area contributed by atoms with Crippen LogP contribution in [-0.4, -0.2) is 21.6 Å². The summed E-state index contributed by atoms with van der Waals surface area (Å²) >= 11 is 0. The van der Waals surface area contributed by atoms with Crippen LogP contribution in [0.5, 0.6) is 5.75 Å². The fraction of sp³-hybridized carbons (Fsp3) is 0.200. The van der Waals surface area contributed by atoms with Gasteiger partial charge in [-0.25, -0.2) is 12.8 Å². The van der Waals surface area contributed by atoms with Crippen molar-refractivity contribution in [3.63, 3.8) is 0 Å². The van der Waals surface area contributed by atoms with E-state index >= 15 is 0 Å². The first-order valence-corrected chi connectivity index (χ1v) is 8.46. The van der Waals surface area contributed by atoms with Crippen molar-refractivity contribution in [2.75, 3.05) is 23.2 Å². The molecule has 0 aromatic heterocycles. The zero-order valence-electron chi connectivity index (χ0n) is 12.5. The molecule has 0 fully saturated rings. The molecule has 1 heterocycles. The van der Waals surface area contributed by atoms with Gasteiger partial charge < -0.3 is 10.5 Å². The molecule has 0 amide bonds. The lowest BCUT2D eigenvalue weighted by atomic mass is 10.2. The van der Waals surface area contributed by atoms with Crippen LogP contribution in [0, 0.1) is 5.82 Å². The Bertz CT molecular complexity index is 929. The summed E-state index contributed by atoms with van der Waals surface area (Å²) in [5, 5.41) is 0. The first kappa shape index (κ1) is 17.3. The van der Waals surface area contributed by atoms with Gasteiger partial charge in [0.15, 0.2) is 0 Å². The van der Waals surface area contributed by atoms with Gasteiger partial charge in [-0.2, -0.15) is 13.2 Å². The first-order valence-electron chi connectivity index (χ1n) is 7.02. The number of anilines is 2. The molecule has 2 aromatic carbocycles. The number of halogens is 4. The third-order valence-electron chi connectivity index (χ3n) is 3.63. The van der Waals surface area contributed by atoms with Gasteiger partial charge in [-0.3, -0.25) is 4.31 Å². The summed E-state index contributed by atoms with van der Waals surface area (Å²) in [6.07, 6.45) is -5.01. The van der Waals surface area contributed by atoms with Gasteiger partial charge in [0.05, 0.1) is 22.7 Å². The predicted octanol–water partition coefficient (Wildman–Crippen LogP) is 3.01. The van der Waals surface area contributed by atoms with E-state index in [4.69, 9.17) is 10.5 Å². The van der Waals surface area contributed by atoms with Crippen molar-refractivity contribution in [2.24, 2.45) is 0 Å². The van der Waals surface area contributed by atoms with Crippen molar-refractivity contribution in [3.05, 3.63) is 47.8 Å². The van der Waals surface area contributed by atoms with Crippen molar-refractivity contribution in [1.82, 2.24) is 0 Å². The minimum atomic E-state index is -5.01. The van der Waals surface area contributed by atoms with Crippen molar-refractivity contribution in [2.45, 2.75) is 11.1 Å². The fourth-order valence-electron chi connectivity index (χ4n) is 2.47. The maximum absolute atomic E-state index is 13.4. The van der Waals surface area contributed by atoms with Gasteiger partial charge in [0.25, 0.3) is 10.0 Å². The summed E-state index contributed by atoms with van der Waals surface area (Å²) in [6.45, 7) is -0.0962. The van der Waals surface area contributed by atoms with Crippen molar-refractivity contribution >= 4 is 21.4 Å². The highest BCUT2D eigenvalue weighted by Gasteiger charge is 2.37. The molecule has 5 nitrogen and oxygen atoms in total. The SMILES string of the molecule is Nc1ccc2c(c1)N(S(=O)(=O)c1ccc(F)c(C(F)(F)F)c1)CCO2. The molecule has 2 N–H and O–H groups in total. The summed E-state index contributed by atoms with van der Waals surface area (Å²) < 4.78 is 83.8. The molecule has 2 aromatic rings. The Kier molecular flexibility index (Phi) is 4.02. The lowest BCUT2D eigenvalue weighted by molar-refractivity contribution is -0.140. The molecule has 0 aliphatic carbocycles. The Labute approximate surface area is 140 Å². The molecule has 134 valence electrons. The predicted molar refractivity (Wildman–Crippen MR) is 82.3 cm³/mol. The highest BCUT2D eigenvalue weighted by atomic mass is 32.2. The molecular formula is C15H12F4N2O3S. The van der Waals surface area contributed by atoms with E-state index in [9.17, 15) is 26.0 Å². The largest absolute Gasteiger partial charge is 0.489 e. The summed E-state index contributed by atoms with van der Waals surface area (Å²) in [7, 11) is -4.36. The summed E-state index contributed by atoms with van der Waals surface area (Å²) in [5.41, 5.74) is 4.39. The van der Waals surface area contributed by atoms with Crippen LogP contribution < -0.4 is 14.8 Å². The topological polar surface area (TPSA) is 72.6 Å². The van der Waals surface area contributed by atoms with Gasteiger partial charge >= 0.3 is 6.18 Å². The number of nitrogen functional groups attached to an aromatic ring is 1. The van der Waals surface area contributed by atoms with Crippen LogP contribution in [-0.2, 0) is 16.2 Å². The molecule has 1 aliphatic rings. The van der Waals surface area contributed by atoms with E-state index < -0.39 is 32.5 Å². The average Bonchev–Trinajstić information content (AvgIpc) is 2.53. The van der Waals surface area contributed by atoms with E-state index in [1.807, 2.05) is 0 Å². The van der Waals surface area contributed by atoms with Crippen molar-refractivity contribution in [1.29, 1.82) is 0 Å². The number of sulfonamides is 1. The van der Waals surface area contributed by atoms with Crippen LogP contribution in [0.2, 0.25) is 0 Å². The second-order valence-electron chi connectivity index (χ2n) is 5.29. The first-order chi connectivity index (χ1) is 11.6. The van der Waals surface area contributed by atoms with Crippen LogP contribution in [0.15, 0.2) is 41.3 Å². The Hall–Kier alpha value is -2.49. The molecule has 3 rings (SSSR count). The number of nitrogens with two attached hydrogens (primary N) is 1. The zero-order valence-corrected chi connectivity index (χ0v) is 13.4. The number of hydrogen-bond donors (Lipinski definition) is 1. The van der Waals surface area contributed by atoms with Gasteiger partial charge in [0.2, 0.25) is 0 Å². The molecule has 0 saturated heterocycles. The Morgan fingerprint density at radius 1 is 1.12 bits per heavy atom. The highest BCUT2D eigenvalue weighted by Crippen LogP contribution is 2.38. The third-order valence-corrected chi connectivity index (χ3v) is 5.44. The minimum Gasteiger partial charge on any atom is -0.489 e. The molecule has 0 atom stereocenters. The molecule has 25 heavy (non-hydrogen) atoms. The number of rotatable bonds is 2. The molecule has 0 radical (unpaired) electrons. The van der Waals surface area contributed by atoms with Crippen LogP contribution in [0.4, 0.5) is 28.9 Å². The average molecular weight is 376 g/mol. The molecule has 0 spiro atoms. The molecule has 10 heteroatoms. The Morgan fingerprint density at radius 2 is 1.84 bits per heavy atom. The van der Waals surface area contributed by atoms with E-state index in [0.29, 0.717) is 6.07 Å². The molecule has 1 aliphatic heterocycles. The smallest absolute Gasteiger partial charge is 0.419 e. The standard InChI is InChI=1S/C15H12F4N2O3S/c16-12-3-2-10(8-11(12)15(17,18)19)25(22,23)21-5-6-24-14-4-1-9(20)7-13(14)21/h1-4,7-8H,5-6,20H2. The summed E-state index contributed by atoms with van der Waals surface area (Å²) in [5.74, 6) is -1.31. The second kappa shape index (κ2) is 5.80. The number of fused-ring (bicyclic) bond motifs is 1. The molecule has 0 unspecified atom stereocenters. The van der Waals surface area contributed by atoms with E-state index in [-0.39, 0.29) is 36.3 Å². The van der Waals surface area contributed by atoms with Gasteiger partial charge in [-0.05, 0) is 36.4 Å². The number of hydrogen-bond acceptors (Lipinski definition) is 4. The molecule has 0 saturated carbocycles. The van der Waals surface area contributed by atoms with E-state index in [0.717, 1.165) is 10.4 Å². The number of benzene rings is 2. The quantitative estimate of drug-likeness (QED) is 0.646. The van der Waals surface area contributed by atoms with E-state index in [1.165, 1.54) is 18.2 Å². The van der Waals surface area contributed by atoms with Gasteiger partial charge in [0.1, 0.15) is 18.2 Å². The van der Waals surface area contributed by atoms with Crippen LogP contribution in [0.25, 0.3) is 0 Å². The highest BCUT2D eigenvalue weighted by molar-refractivity contribution is 7.92. The number of ether oxygens (including phenoxy) is 1. The summed E-state index contributed by atoms with van der Waals surface area (Å²) in [6, 6.07) is 5.89. The van der Waals surface area contributed by atoms with Crippen LogP contribution >= 0.6 is 0 Å². The monoisotopic (exact) mass is 376 g/mol. The van der Waals surface area contributed by atoms with E-state index in [2.05, 4.69) is 0 Å². The molecular weight excluding hydrogens is 364 g/mol. The maximum Gasteiger partial charge on any atom is 0.419 e. The zero-order chi connectivity index (χ0) is 18.4. The maximum atomic E-state index is 13.4. The number of nitrogens with zero attached hydrogens (tertiary/aromatic N) is 1. The Balaban J connectivity index is 2.12. The van der Waals surface area contributed by atoms with Crippen LogP contribution in [0.3, 0.4) is 0 Å². The van der Waals surface area contributed by atoms with Crippen molar-refractivity contribution < 1.29 is 30.7 Å². The van der Waals surface area contributed by atoms with Gasteiger partial charge in [0, 0.05) is 5.69 Å². The Morgan fingerprint density at radius 3 is 2.52 bits per heavy atom. The lowest BCUT2D eigenvalue weighted by Crippen LogP contribution is -2.38. The van der Waals surface area contributed by atoms with E-state index in [1.54, 1.807) is 0 Å². The minimum absolute atomic E-state index is 0.0173. The summed E-state index contributed by atoms with van der Waals surface area (Å²) in [4.78, 5) is -0.670. The number of alkyl halides is 3. The van der Waals surface area contributed by atoms with Crippen molar-refractivity contribution in [3.8, 4) is 5.75 Å². The lowest BCUT2D eigenvalue weighted by Gasteiger charge is -2.30. The van der Waals surface area contributed by atoms with Gasteiger partial charge in [-0.15, -0.1) is 0 Å². The normalized spacial score (nSPS) is 14.8. The van der Waals surface area contributed by atoms with Crippen LogP contribution in [0.1, 0.15) is 5.56 Å².